The number of aliphatic hydroxyl groups excluding tert-OH is 1. The number of aromatic hydroxyl groups is 1. The Morgan fingerprint density at radius 2 is 1.75 bits per heavy atom. The lowest BCUT2D eigenvalue weighted by atomic mass is 10.1. The summed E-state index contributed by atoms with van der Waals surface area (Å²) in [5, 5.41) is 18.6. The Morgan fingerprint density at radius 3 is 2.50 bits per heavy atom. The molecular formula is C20H28O4. The minimum absolute atomic E-state index is 0.155. The third kappa shape index (κ3) is 5.93. The van der Waals surface area contributed by atoms with Gasteiger partial charge in [0.05, 0.1) is 6.61 Å². The van der Waals surface area contributed by atoms with Crippen molar-refractivity contribution < 1.29 is 19.4 Å². The molecule has 0 bridgehead atoms. The quantitative estimate of drug-likeness (QED) is 0.603. The molecule has 1 heterocycles. The van der Waals surface area contributed by atoms with Crippen LogP contribution < -0.4 is 4.74 Å². The van der Waals surface area contributed by atoms with Crippen molar-refractivity contribution in [2.45, 2.75) is 51.9 Å². The molecule has 0 amide bonds. The summed E-state index contributed by atoms with van der Waals surface area (Å²) in [7, 11) is 0. The summed E-state index contributed by atoms with van der Waals surface area (Å²) in [6, 6.07) is 9.59. The fourth-order valence-electron chi connectivity index (χ4n) is 2.54. The van der Waals surface area contributed by atoms with Gasteiger partial charge in [0.15, 0.2) is 11.5 Å². The van der Waals surface area contributed by atoms with E-state index in [1.54, 1.807) is 6.07 Å². The van der Waals surface area contributed by atoms with Crippen molar-refractivity contribution in [3.63, 3.8) is 0 Å². The van der Waals surface area contributed by atoms with Crippen LogP contribution in [0.4, 0.5) is 0 Å². The molecule has 0 radical (unpaired) electrons. The standard InChI is InChI=1S/C20H28O4/c1-2-3-6-17-10-11-18(24-17)9-7-16-8-12-19(22)20(15-16)23-14-5-4-13-21/h8,10-12,15,21-22H,2-7,9,13-14H2,1H3. The lowest BCUT2D eigenvalue weighted by Crippen LogP contribution is -2.00. The molecule has 24 heavy (non-hydrogen) atoms. The van der Waals surface area contributed by atoms with Crippen molar-refractivity contribution in [2.75, 3.05) is 13.2 Å². The molecule has 0 aliphatic heterocycles. The van der Waals surface area contributed by atoms with Gasteiger partial charge in [-0.25, -0.2) is 0 Å². The van der Waals surface area contributed by atoms with E-state index < -0.39 is 0 Å². The minimum Gasteiger partial charge on any atom is -0.504 e. The monoisotopic (exact) mass is 332 g/mol. The van der Waals surface area contributed by atoms with E-state index in [0.717, 1.165) is 49.2 Å². The van der Waals surface area contributed by atoms with Crippen LogP contribution in [-0.4, -0.2) is 23.4 Å². The van der Waals surface area contributed by atoms with E-state index in [-0.39, 0.29) is 12.4 Å². The first-order valence-electron chi connectivity index (χ1n) is 8.86. The Hall–Kier alpha value is -1.94. The molecule has 0 aliphatic rings. The van der Waals surface area contributed by atoms with Gasteiger partial charge in [-0.2, -0.15) is 0 Å². The van der Waals surface area contributed by atoms with Crippen LogP contribution in [0.25, 0.3) is 0 Å². The van der Waals surface area contributed by atoms with Crippen LogP contribution in [0, 0.1) is 0 Å². The summed E-state index contributed by atoms with van der Waals surface area (Å²) in [4.78, 5) is 0. The van der Waals surface area contributed by atoms with Gasteiger partial charge in [-0.1, -0.05) is 19.4 Å². The van der Waals surface area contributed by atoms with Gasteiger partial charge in [-0.15, -0.1) is 0 Å². The van der Waals surface area contributed by atoms with Crippen molar-refractivity contribution in [3.8, 4) is 11.5 Å². The van der Waals surface area contributed by atoms with Crippen LogP contribution in [0.1, 0.15) is 49.7 Å². The zero-order chi connectivity index (χ0) is 17.2. The van der Waals surface area contributed by atoms with Crippen molar-refractivity contribution >= 4 is 0 Å². The average Bonchev–Trinajstić information content (AvgIpc) is 3.05. The highest BCUT2D eigenvalue weighted by Gasteiger charge is 2.07. The molecule has 2 rings (SSSR count). The molecule has 2 aromatic rings. The Balaban J connectivity index is 1.86. The number of furan rings is 1. The Bertz CT molecular complexity index is 603. The van der Waals surface area contributed by atoms with Gasteiger partial charge in [-0.3, -0.25) is 0 Å². The molecule has 4 heteroatoms. The van der Waals surface area contributed by atoms with E-state index in [2.05, 4.69) is 19.1 Å². The fraction of sp³-hybridized carbons (Fsp3) is 0.500. The van der Waals surface area contributed by atoms with Gasteiger partial charge >= 0.3 is 0 Å². The number of aliphatic hydroxyl groups is 1. The normalized spacial score (nSPS) is 10.9. The number of hydrogen-bond donors (Lipinski definition) is 2. The van der Waals surface area contributed by atoms with Crippen molar-refractivity contribution in [3.05, 3.63) is 47.4 Å². The maximum Gasteiger partial charge on any atom is 0.161 e. The fourth-order valence-corrected chi connectivity index (χ4v) is 2.54. The number of rotatable bonds is 11. The molecule has 2 N–H and O–H groups in total. The van der Waals surface area contributed by atoms with Crippen LogP contribution in [0.5, 0.6) is 11.5 Å². The molecule has 0 unspecified atom stereocenters. The highest BCUT2D eigenvalue weighted by atomic mass is 16.5. The zero-order valence-electron chi connectivity index (χ0n) is 14.5. The largest absolute Gasteiger partial charge is 0.504 e. The third-order valence-corrected chi connectivity index (χ3v) is 3.99. The number of aryl methyl sites for hydroxylation is 3. The van der Waals surface area contributed by atoms with Gasteiger partial charge in [0.2, 0.25) is 0 Å². The first kappa shape index (κ1) is 18.4. The minimum atomic E-state index is 0.155. The van der Waals surface area contributed by atoms with E-state index in [1.165, 1.54) is 6.42 Å². The molecule has 0 aliphatic carbocycles. The van der Waals surface area contributed by atoms with Crippen LogP contribution in [0.15, 0.2) is 34.7 Å². The predicted molar refractivity (Wildman–Crippen MR) is 94.6 cm³/mol. The average molecular weight is 332 g/mol. The van der Waals surface area contributed by atoms with E-state index in [0.29, 0.717) is 18.8 Å². The molecule has 132 valence electrons. The van der Waals surface area contributed by atoms with E-state index >= 15 is 0 Å². The molecule has 4 nitrogen and oxygen atoms in total. The molecular weight excluding hydrogens is 304 g/mol. The zero-order valence-corrected chi connectivity index (χ0v) is 14.5. The molecule has 1 aromatic carbocycles. The molecule has 0 fully saturated rings. The first-order chi connectivity index (χ1) is 11.7. The van der Waals surface area contributed by atoms with Crippen molar-refractivity contribution in [1.82, 2.24) is 0 Å². The predicted octanol–water partition coefficient (Wildman–Crippen LogP) is 4.26. The highest BCUT2D eigenvalue weighted by Crippen LogP contribution is 2.27. The van der Waals surface area contributed by atoms with Crippen molar-refractivity contribution in [1.29, 1.82) is 0 Å². The van der Waals surface area contributed by atoms with Crippen molar-refractivity contribution in [2.24, 2.45) is 0 Å². The topological polar surface area (TPSA) is 62.8 Å². The number of hydrogen-bond acceptors (Lipinski definition) is 4. The Kier molecular flexibility index (Phi) is 7.69. The van der Waals surface area contributed by atoms with Gasteiger partial charge < -0.3 is 19.4 Å². The number of phenolic OH excluding ortho intramolecular Hbond substituents is 1. The van der Waals surface area contributed by atoms with E-state index in [4.69, 9.17) is 14.3 Å². The third-order valence-electron chi connectivity index (χ3n) is 3.99. The molecule has 0 atom stereocenters. The van der Waals surface area contributed by atoms with Crippen LogP contribution in [-0.2, 0) is 19.3 Å². The van der Waals surface area contributed by atoms with Gasteiger partial charge in [-0.05, 0) is 55.5 Å². The van der Waals surface area contributed by atoms with E-state index in [1.807, 2.05) is 12.1 Å². The summed E-state index contributed by atoms with van der Waals surface area (Å²) in [5.74, 6) is 2.72. The Morgan fingerprint density at radius 1 is 0.958 bits per heavy atom. The molecule has 1 aromatic heterocycles. The lowest BCUT2D eigenvalue weighted by Gasteiger charge is -2.09. The molecule has 0 spiro atoms. The maximum atomic E-state index is 9.87. The number of benzene rings is 1. The summed E-state index contributed by atoms with van der Waals surface area (Å²) < 4.78 is 11.4. The summed E-state index contributed by atoms with van der Waals surface area (Å²) >= 11 is 0. The van der Waals surface area contributed by atoms with Gasteiger partial charge in [0.25, 0.3) is 0 Å². The second-order valence-corrected chi connectivity index (χ2v) is 6.05. The molecule has 0 saturated heterocycles. The summed E-state index contributed by atoms with van der Waals surface area (Å²) in [5.41, 5.74) is 1.11. The summed E-state index contributed by atoms with van der Waals surface area (Å²) in [6.45, 7) is 2.84. The van der Waals surface area contributed by atoms with E-state index in [9.17, 15) is 5.11 Å². The second-order valence-electron chi connectivity index (χ2n) is 6.05. The molecule has 0 saturated carbocycles. The van der Waals surface area contributed by atoms with Gasteiger partial charge in [0.1, 0.15) is 11.5 Å². The Labute approximate surface area is 144 Å². The maximum absolute atomic E-state index is 9.87. The number of phenols is 1. The highest BCUT2D eigenvalue weighted by molar-refractivity contribution is 5.42. The van der Waals surface area contributed by atoms with Crippen LogP contribution >= 0.6 is 0 Å². The second kappa shape index (κ2) is 10.0. The SMILES string of the molecule is CCCCc1ccc(CCc2ccc(O)c(OCCCCO)c2)o1. The number of ether oxygens (including phenoxy) is 1. The van der Waals surface area contributed by atoms with Crippen LogP contribution in [0.2, 0.25) is 0 Å². The summed E-state index contributed by atoms with van der Waals surface area (Å²) in [6.07, 6.45) is 6.48. The lowest BCUT2D eigenvalue weighted by molar-refractivity contribution is 0.248. The van der Waals surface area contributed by atoms with Gasteiger partial charge in [0, 0.05) is 19.4 Å². The van der Waals surface area contributed by atoms with Crippen LogP contribution in [0.3, 0.4) is 0 Å². The number of unbranched alkanes of at least 4 members (excludes halogenated alkanes) is 2. The first-order valence-corrected chi connectivity index (χ1v) is 8.86. The smallest absolute Gasteiger partial charge is 0.161 e.